The fraction of sp³-hybridized carbons (Fsp3) is 0.0732. The molecule has 1 aliphatic carbocycles. The average molecular weight is 1320 g/mol. The van der Waals surface area contributed by atoms with E-state index in [1.165, 1.54) is 36.2 Å². The van der Waals surface area contributed by atoms with Gasteiger partial charge in [0.15, 0.2) is 0 Å². The van der Waals surface area contributed by atoms with Gasteiger partial charge < -0.3 is 9.47 Å². The van der Waals surface area contributed by atoms with E-state index >= 15 is 14.4 Å². The summed E-state index contributed by atoms with van der Waals surface area (Å²) < 4.78 is 18.1. The average Bonchev–Trinajstić information content (AvgIpc) is 0.866. The molecule has 11 aromatic carbocycles. The normalized spacial score (nSPS) is 15.3. The van der Waals surface area contributed by atoms with Crippen LogP contribution in [0.5, 0.6) is 23.0 Å². The molecule has 0 saturated heterocycles. The van der Waals surface area contributed by atoms with Crippen LogP contribution in [-0.4, -0.2) is 43.1 Å². The third kappa shape index (κ3) is 9.18. The van der Waals surface area contributed by atoms with Crippen molar-refractivity contribution < 1.29 is 28.7 Å². The van der Waals surface area contributed by atoms with Gasteiger partial charge in [-0.25, -0.2) is 14.2 Å². The molecule has 0 bridgehead atoms. The lowest BCUT2D eigenvalue weighted by Gasteiger charge is -2.31. The Morgan fingerprint density at radius 3 is 1.43 bits per heavy atom. The number of amides is 4. The third-order valence-electron chi connectivity index (χ3n) is 19.3. The summed E-state index contributed by atoms with van der Waals surface area (Å²) in [5.41, 5.74) is 13.5. The molecule has 5 heterocycles. The Bertz CT molecular complexity index is 5780. The second-order valence-electron chi connectivity index (χ2n) is 25.6. The lowest BCUT2D eigenvalue weighted by Crippen LogP contribution is -2.49. The molecule has 462 valence electrons. The van der Waals surface area contributed by atoms with Gasteiger partial charge in [0.2, 0.25) is 0 Å². The summed E-state index contributed by atoms with van der Waals surface area (Å²) in [6.45, 7) is 12.9. The lowest BCUT2D eigenvalue weighted by atomic mass is 9.81. The van der Waals surface area contributed by atoms with Crippen LogP contribution in [0.1, 0.15) is 83.9 Å². The van der Waals surface area contributed by atoms with Gasteiger partial charge in [-0.1, -0.05) is 151 Å². The van der Waals surface area contributed by atoms with Gasteiger partial charge in [-0.05, 0) is 187 Å². The predicted molar refractivity (Wildman–Crippen MR) is 400 cm³/mol. The Morgan fingerprint density at radius 1 is 0.438 bits per heavy atom. The number of aryl methyl sites for hydroxylation is 4. The SMILES string of the molecule is Cc1ccc(Oc2cc3c4c(ccc5c6c(Oc7ccc(C)cc7)cc7c8c(ccc(c2c45)c86)C(=O)N(c2ccc(/C=C/c4ccc5c(c4)[Si](C)(C)c4cc(-c6ccc(C8=CC=C(c9ccc(C)s9)C(=N)C8=NS)s6)ccc4-5)cc2)C7=O)C(=O)N(c2ccc(C)cc2)C3=O)cc1. The molecule has 10 nitrogen and oxygen atoms in total. The van der Waals surface area contributed by atoms with E-state index < -0.39 is 31.7 Å². The highest BCUT2D eigenvalue weighted by molar-refractivity contribution is 7.79. The molecule has 4 aliphatic rings. The molecule has 1 N–H and O–H groups in total. The molecule has 0 atom stereocenters. The number of rotatable bonds is 11. The van der Waals surface area contributed by atoms with Crippen LogP contribution in [0.25, 0.3) is 88.0 Å². The molecular formula is C82H56N4O6S3Si. The highest BCUT2D eigenvalue weighted by Gasteiger charge is 2.42. The fourth-order valence-electron chi connectivity index (χ4n) is 14.4. The van der Waals surface area contributed by atoms with Crippen molar-refractivity contribution in [3.05, 3.63) is 271 Å². The number of carbonyl (C=O) groups is 4. The summed E-state index contributed by atoms with van der Waals surface area (Å²) in [5, 5.41) is 16.5. The Balaban J connectivity index is 0.704. The minimum absolute atomic E-state index is 0.276. The number of allylic oxidation sites excluding steroid dienone is 4. The molecule has 17 rings (SSSR count). The Labute approximate surface area is 567 Å². The summed E-state index contributed by atoms with van der Waals surface area (Å²) in [6.07, 6.45) is 8.27. The number of hydrogen-bond donors (Lipinski definition) is 2. The van der Waals surface area contributed by atoms with E-state index in [2.05, 4.69) is 116 Å². The van der Waals surface area contributed by atoms with E-state index in [0.717, 1.165) is 59.2 Å². The molecule has 96 heavy (non-hydrogen) atoms. The van der Waals surface area contributed by atoms with E-state index in [1.54, 1.807) is 59.1 Å². The number of fused-ring (bicyclic) bond motifs is 5. The number of thiophene rings is 2. The summed E-state index contributed by atoms with van der Waals surface area (Å²) in [4.78, 5) is 67.6. The van der Waals surface area contributed by atoms with E-state index in [0.29, 0.717) is 106 Å². The fourth-order valence-corrected chi connectivity index (χ4v) is 19.7. The molecule has 13 aromatic rings. The molecule has 0 fully saturated rings. The van der Waals surface area contributed by atoms with Crippen molar-refractivity contribution in [2.75, 3.05) is 9.80 Å². The van der Waals surface area contributed by atoms with Gasteiger partial charge in [-0.2, -0.15) is 0 Å². The minimum atomic E-state index is -2.17. The quantitative estimate of drug-likeness (QED) is 0.0252. The first-order chi connectivity index (χ1) is 46.5. The van der Waals surface area contributed by atoms with Crippen LogP contribution in [0.3, 0.4) is 0 Å². The third-order valence-corrected chi connectivity index (χ3v) is 25.2. The predicted octanol–water partition coefficient (Wildman–Crippen LogP) is 19.7. The molecule has 0 spiro atoms. The molecule has 0 saturated carbocycles. The molecule has 4 amide bonds. The number of hydrogen-bond acceptors (Lipinski definition) is 11. The molecule has 14 heteroatoms. The first kappa shape index (κ1) is 58.9. The van der Waals surface area contributed by atoms with Crippen LogP contribution in [0.4, 0.5) is 11.4 Å². The second kappa shape index (κ2) is 22.1. The van der Waals surface area contributed by atoms with Crippen molar-refractivity contribution in [2.24, 2.45) is 4.40 Å². The molecule has 0 unspecified atom stereocenters. The van der Waals surface area contributed by atoms with Gasteiger partial charge in [0.1, 0.15) is 36.8 Å². The van der Waals surface area contributed by atoms with Gasteiger partial charge in [-0.15, -0.1) is 22.7 Å². The lowest BCUT2D eigenvalue weighted by molar-refractivity contribution is 0.0877. The van der Waals surface area contributed by atoms with Gasteiger partial charge in [0, 0.05) is 74.1 Å². The van der Waals surface area contributed by atoms with Gasteiger partial charge in [0.25, 0.3) is 23.6 Å². The zero-order chi connectivity index (χ0) is 65.7. The number of carbonyl (C=O) groups excluding carboxylic acids is 4. The monoisotopic (exact) mass is 1320 g/mol. The van der Waals surface area contributed by atoms with Gasteiger partial charge in [0.05, 0.1) is 28.2 Å². The molecule has 3 aliphatic heterocycles. The Hall–Kier alpha value is -10.9. The maximum atomic E-state index is 15.5. The number of nitrogens with one attached hydrogen (secondary N) is 1. The van der Waals surface area contributed by atoms with E-state index in [1.807, 2.05) is 124 Å². The Kier molecular flexibility index (Phi) is 13.6. The van der Waals surface area contributed by atoms with Crippen molar-refractivity contribution in [2.45, 2.75) is 40.8 Å². The van der Waals surface area contributed by atoms with E-state index in [4.69, 9.17) is 14.9 Å². The van der Waals surface area contributed by atoms with Crippen LogP contribution in [0.15, 0.2) is 211 Å². The summed E-state index contributed by atoms with van der Waals surface area (Å²) in [6, 6.07) is 62.9. The van der Waals surface area contributed by atoms with Crippen LogP contribution in [0, 0.1) is 33.1 Å². The zero-order valence-corrected chi connectivity index (χ0v) is 56.4. The van der Waals surface area contributed by atoms with Crippen molar-refractivity contribution >= 4 is 167 Å². The van der Waals surface area contributed by atoms with Gasteiger partial charge in [-0.3, -0.25) is 24.6 Å². The highest BCUT2D eigenvalue weighted by atomic mass is 32.1. The highest BCUT2D eigenvalue weighted by Crippen LogP contribution is 2.54. The first-order valence-electron chi connectivity index (χ1n) is 31.6. The topological polar surface area (TPSA) is 129 Å². The summed E-state index contributed by atoms with van der Waals surface area (Å²) in [5.74, 6) is -0.163. The van der Waals surface area contributed by atoms with Crippen LogP contribution < -0.4 is 29.6 Å². The van der Waals surface area contributed by atoms with Crippen molar-refractivity contribution in [3.63, 3.8) is 0 Å². The van der Waals surface area contributed by atoms with E-state index in [-0.39, 0.29) is 5.56 Å². The summed E-state index contributed by atoms with van der Waals surface area (Å²) in [7, 11) is -2.17. The van der Waals surface area contributed by atoms with Crippen molar-refractivity contribution in [1.29, 1.82) is 5.41 Å². The number of imide groups is 2. The second-order valence-corrected chi connectivity index (χ2v) is 32.5. The largest absolute Gasteiger partial charge is 0.457 e. The molecular weight excluding hydrogens is 1260 g/mol. The van der Waals surface area contributed by atoms with Crippen LogP contribution >= 0.6 is 35.5 Å². The number of benzene rings is 11. The zero-order valence-electron chi connectivity index (χ0n) is 52.8. The van der Waals surface area contributed by atoms with Crippen molar-refractivity contribution in [1.82, 2.24) is 0 Å². The number of nitrogens with zero attached hydrogens (tertiary/aromatic N) is 3. The smallest absolute Gasteiger partial charge is 0.266 e. The van der Waals surface area contributed by atoms with E-state index in [9.17, 15) is 4.79 Å². The molecule has 0 radical (unpaired) electrons. The standard InChI is InChI=1S/C82H56N4O6S3Si/c1-43-7-20-50(21-8-43)85-79(87)60-34-32-58-74-65(92-53-26-11-45(3)12-27-53)42-63-72-61(35-33-59(76(72)74)73-64(91-52-24-9-44(2)10-25-52)41-62(81(85)89)71(60)75(58)73)80(88)86(82(63)90)51-22-16-47(17-23-51)14-15-48-18-28-54-55-29-19-49(40-70(55)96(5,6)69(54)39-48)66-37-38-68(95-66)57-31-30-56(77(83)78(57)84-93)67-36-13-46(4)94-67/h7-42,83,93H,1-6H3/b15-14+,83-77?,84-78?. The maximum Gasteiger partial charge on any atom is 0.266 e. The first-order valence-corrected chi connectivity index (χ1v) is 36.6. The van der Waals surface area contributed by atoms with Crippen LogP contribution in [-0.2, 0) is 0 Å². The maximum absolute atomic E-state index is 15.5. The number of ether oxygens (including phenoxy) is 2. The Morgan fingerprint density at radius 2 is 0.885 bits per heavy atom. The van der Waals surface area contributed by atoms with Crippen LogP contribution in [0.2, 0.25) is 13.1 Å². The van der Waals surface area contributed by atoms with Crippen molar-refractivity contribution in [3.8, 4) is 44.6 Å². The van der Waals surface area contributed by atoms with Gasteiger partial charge >= 0.3 is 0 Å². The molecule has 2 aromatic heterocycles. The number of thiol groups is 1. The minimum Gasteiger partial charge on any atom is -0.457 e. The summed E-state index contributed by atoms with van der Waals surface area (Å²) >= 11 is 7.72. The number of anilines is 2.